The molecule has 0 saturated carbocycles. The summed E-state index contributed by atoms with van der Waals surface area (Å²) in [6.07, 6.45) is 1.57. The molecule has 0 bridgehead atoms. The van der Waals surface area contributed by atoms with Crippen molar-refractivity contribution in [3.63, 3.8) is 0 Å². The number of methoxy groups -OCH3 is 1. The van der Waals surface area contributed by atoms with E-state index in [0.29, 0.717) is 55.6 Å². The minimum Gasteiger partial charge on any atom is -0.497 e. The smallest absolute Gasteiger partial charge is 0.257 e. The fraction of sp³-hybridized carbons (Fsp3) is 0.292. The van der Waals surface area contributed by atoms with Crippen molar-refractivity contribution >= 4 is 17.5 Å². The second-order valence-electron chi connectivity index (χ2n) is 7.62. The molecule has 1 aromatic heterocycles. The van der Waals surface area contributed by atoms with E-state index < -0.39 is 0 Å². The number of rotatable bonds is 6. The molecule has 1 aliphatic heterocycles. The summed E-state index contributed by atoms with van der Waals surface area (Å²) >= 11 is 0. The number of piperazine rings is 1. The Morgan fingerprint density at radius 1 is 1.09 bits per heavy atom. The number of benzene rings is 2. The van der Waals surface area contributed by atoms with Crippen LogP contribution in [0.1, 0.15) is 21.6 Å². The van der Waals surface area contributed by atoms with Crippen molar-refractivity contribution in [2.45, 2.75) is 13.5 Å². The Morgan fingerprint density at radius 2 is 1.81 bits per heavy atom. The highest BCUT2D eigenvalue weighted by Gasteiger charge is 2.25. The summed E-state index contributed by atoms with van der Waals surface area (Å²) in [5.74, 6) is 0.935. The van der Waals surface area contributed by atoms with Crippen LogP contribution in [-0.4, -0.2) is 54.1 Å². The van der Waals surface area contributed by atoms with Crippen LogP contribution in [0.5, 0.6) is 5.75 Å². The Labute approximate surface area is 186 Å². The second kappa shape index (κ2) is 9.64. The lowest BCUT2D eigenvalue weighted by Gasteiger charge is -2.36. The molecule has 0 spiro atoms. The van der Waals surface area contributed by atoms with Gasteiger partial charge in [-0.1, -0.05) is 24.3 Å². The molecule has 0 unspecified atom stereocenters. The van der Waals surface area contributed by atoms with Gasteiger partial charge in [0.1, 0.15) is 11.6 Å². The molecule has 8 heteroatoms. The first-order valence-electron chi connectivity index (χ1n) is 10.5. The first-order chi connectivity index (χ1) is 15.5. The number of nitrogens with zero attached hydrogens (tertiary/aromatic N) is 4. The normalized spacial score (nSPS) is 13.7. The van der Waals surface area contributed by atoms with Crippen molar-refractivity contribution < 1.29 is 13.9 Å². The largest absolute Gasteiger partial charge is 0.497 e. The number of anilines is 2. The predicted molar refractivity (Wildman–Crippen MR) is 122 cm³/mol. The van der Waals surface area contributed by atoms with Crippen molar-refractivity contribution in [2.75, 3.05) is 43.5 Å². The number of nitrogens with one attached hydrogen (secondary N) is 1. The number of carbonyl (C=O) groups is 1. The van der Waals surface area contributed by atoms with Crippen LogP contribution >= 0.6 is 0 Å². The van der Waals surface area contributed by atoms with Crippen LogP contribution in [0.25, 0.3) is 0 Å². The summed E-state index contributed by atoms with van der Waals surface area (Å²) in [7, 11) is 1.63. The van der Waals surface area contributed by atoms with Gasteiger partial charge in [-0.15, -0.1) is 0 Å². The molecule has 2 heterocycles. The fourth-order valence-electron chi connectivity index (χ4n) is 3.72. The van der Waals surface area contributed by atoms with Crippen LogP contribution < -0.4 is 15.0 Å². The molecule has 4 rings (SSSR count). The second-order valence-corrected chi connectivity index (χ2v) is 7.62. The highest BCUT2D eigenvalue weighted by Crippen LogP contribution is 2.21. The van der Waals surface area contributed by atoms with Crippen molar-refractivity contribution in [1.82, 2.24) is 14.9 Å². The van der Waals surface area contributed by atoms with E-state index in [2.05, 4.69) is 15.3 Å². The van der Waals surface area contributed by atoms with E-state index in [4.69, 9.17) is 4.74 Å². The quantitative estimate of drug-likeness (QED) is 0.639. The summed E-state index contributed by atoms with van der Waals surface area (Å²) in [4.78, 5) is 25.5. The van der Waals surface area contributed by atoms with Crippen LogP contribution in [0.2, 0.25) is 0 Å². The molecule has 0 aliphatic carbocycles. The highest BCUT2D eigenvalue weighted by atomic mass is 19.1. The molecular formula is C24H26FN5O2. The van der Waals surface area contributed by atoms with Crippen LogP contribution in [0, 0.1) is 12.7 Å². The van der Waals surface area contributed by atoms with Gasteiger partial charge in [0.25, 0.3) is 5.91 Å². The molecule has 1 saturated heterocycles. The van der Waals surface area contributed by atoms with E-state index in [1.165, 1.54) is 6.07 Å². The van der Waals surface area contributed by atoms with Crippen molar-refractivity contribution in [3.8, 4) is 5.75 Å². The number of amides is 1. The summed E-state index contributed by atoms with van der Waals surface area (Å²) in [6.45, 7) is 4.56. The van der Waals surface area contributed by atoms with Crippen molar-refractivity contribution in [2.24, 2.45) is 0 Å². The van der Waals surface area contributed by atoms with Gasteiger partial charge in [0.2, 0.25) is 5.95 Å². The summed E-state index contributed by atoms with van der Waals surface area (Å²) in [6, 6.07) is 14.5. The van der Waals surface area contributed by atoms with E-state index in [1.54, 1.807) is 30.3 Å². The summed E-state index contributed by atoms with van der Waals surface area (Å²) < 4.78 is 19.2. The third kappa shape index (κ3) is 4.80. The van der Waals surface area contributed by atoms with Gasteiger partial charge in [-0.3, -0.25) is 4.79 Å². The van der Waals surface area contributed by atoms with Gasteiger partial charge >= 0.3 is 0 Å². The molecule has 0 atom stereocenters. The van der Waals surface area contributed by atoms with E-state index in [9.17, 15) is 9.18 Å². The number of hydrogen-bond acceptors (Lipinski definition) is 6. The van der Waals surface area contributed by atoms with E-state index >= 15 is 0 Å². The van der Waals surface area contributed by atoms with Gasteiger partial charge < -0.3 is 19.9 Å². The van der Waals surface area contributed by atoms with Crippen LogP contribution in [0.15, 0.2) is 54.7 Å². The number of ether oxygens (including phenoxy) is 1. The van der Waals surface area contributed by atoms with Gasteiger partial charge in [-0.05, 0) is 36.8 Å². The Hall–Kier alpha value is -3.68. The van der Waals surface area contributed by atoms with Gasteiger partial charge in [0, 0.05) is 38.9 Å². The predicted octanol–water partition coefficient (Wildman–Crippen LogP) is 3.51. The molecular weight excluding hydrogens is 409 g/mol. The lowest BCUT2D eigenvalue weighted by atomic mass is 10.2. The van der Waals surface area contributed by atoms with E-state index in [1.807, 2.05) is 42.2 Å². The zero-order valence-electron chi connectivity index (χ0n) is 18.2. The highest BCUT2D eigenvalue weighted by molar-refractivity contribution is 5.95. The van der Waals surface area contributed by atoms with Crippen LogP contribution in [0.3, 0.4) is 0 Å². The molecule has 1 fully saturated rings. The Balaban J connectivity index is 1.35. The van der Waals surface area contributed by atoms with Gasteiger partial charge in [-0.25, -0.2) is 14.4 Å². The number of aromatic nitrogens is 2. The number of carbonyl (C=O) groups excluding carboxylic acids is 1. The van der Waals surface area contributed by atoms with Crippen LogP contribution in [0.4, 0.5) is 16.0 Å². The minimum absolute atomic E-state index is 0.0996. The zero-order valence-corrected chi connectivity index (χ0v) is 18.2. The maximum atomic E-state index is 14.0. The van der Waals surface area contributed by atoms with Gasteiger partial charge in [-0.2, -0.15) is 0 Å². The van der Waals surface area contributed by atoms with Crippen molar-refractivity contribution in [1.29, 1.82) is 0 Å². The average molecular weight is 436 g/mol. The standard InChI is InChI=1S/C24H26FN5O2/c1-17-20(16-27-24(28-17)26-15-18-7-9-19(32-2)10-8-18)23(31)30-13-11-29(12-14-30)22-6-4-3-5-21(22)25/h3-10,16H,11-15H2,1-2H3,(H,26,27,28). The molecule has 32 heavy (non-hydrogen) atoms. The van der Waals surface area contributed by atoms with Gasteiger partial charge in [0.15, 0.2) is 0 Å². The molecule has 1 amide bonds. The number of halogens is 1. The molecule has 0 radical (unpaired) electrons. The first kappa shape index (κ1) is 21.5. The number of aryl methyl sites for hydroxylation is 1. The molecule has 3 aromatic rings. The SMILES string of the molecule is COc1ccc(CNc2ncc(C(=O)N3CCN(c4ccccc4F)CC3)c(C)n2)cc1. The maximum absolute atomic E-state index is 14.0. The van der Waals surface area contributed by atoms with E-state index in [-0.39, 0.29) is 11.7 Å². The van der Waals surface area contributed by atoms with Crippen LogP contribution in [-0.2, 0) is 6.54 Å². The zero-order chi connectivity index (χ0) is 22.5. The van der Waals surface area contributed by atoms with Crippen molar-refractivity contribution in [3.05, 3.63) is 77.4 Å². The molecule has 166 valence electrons. The Bertz CT molecular complexity index is 1080. The fourth-order valence-corrected chi connectivity index (χ4v) is 3.72. The molecule has 1 N–H and O–H groups in total. The molecule has 7 nitrogen and oxygen atoms in total. The summed E-state index contributed by atoms with van der Waals surface area (Å²) in [5, 5.41) is 3.18. The molecule has 1 aliphatic rings. The molecule has 2 aromatic carbocycles. The average Bonchev–Trinajstić information content (AvgIpc) is 2.83. The van der Waals surface area contributed by atoms with Gasteiger partial charge in [0.05, 0.1) is 24.1 Å². The Morgan fingerprint density at radius 3 is 2.47 bits per heavy atom. The topological polar surface area (TPSA) is 70.6 Å². The number of hydrogen-bond donors (Lipinski definition) is 1. The lowest BCUT2D eigenvalue weighted by molar-refractivity contribution is 0.0745. The monoisotopic (exact) mass is 435 g/mol. The Kier molecular flexibility index (Phi) is 6.49. The summed E-state index contributed by atoms with van der Waals surface area (Å²) in [5.41, 5.74) is 2.75. The first-order valence-corrected chi connectivity index (χ1v) is 10.5. The minimum atomic E-state index is -0.241. The maximum Gasteiger partial charge on any atom is 0.257 e. The lowest BCUT2D eigenvalue weighted by Crippen LogP contribution is -2.49. The third-order valence-electron chi connectivity index (χ3n) is 5.58. The third-order valence-corrected chi connectivity index (χ3v) is 5.58. The van der Waals surface area contributed by atoms with E-state index in [0.717, 1.165) is 11.3 Å². The number of para-hydroxylation sites is 1.